The van der Waals surface area contributed by atoms with Gasteiger partial charge in [0.1, 0.15) is 11.6 Å². The maximum Gasteiger partial charge on any atom is 0.317 e. The number of amides is 4. The predicted molar refractivity (Wildman–Crippen MR) is 104 cm³/mol. The summed E-state index contributed by atoms with van der Waals surface area (Å²) in [6.45, 7) is -0.141. The van der Waals surface area contributed by atoms with Crippen molar-refractivity contribution in [3.63, 3.8) is 0 Å². The summed E-state index contributed by atoms with van der Waals surface area (Å²) in [6.07, 6.45) is 7.37. The second kappa shape index (κ2) is 8.31. The Hall–Kier alpha value is -2.14. The van der Waals surface area contributed by atoms with Crippen LogP contribution in [0, 0.1) is 5.92 Å². The number of aliphatic hydroxyl groups excluding tert-OH is 1. The fourth-order valence-electron chi connectivity index (χ4n) is 3.40. The van der Waals surface area contributed by atoms with E-state index in [0.717, 1.165) is 19.3 Å². The number of fused-ring (bicyclic) bond motifs is 1. The predicted octanol–water partition coefficient (Wildman–Crippen LogP) is -0.788. The van der Waals surface area contributed by atoms with Gasteiger partial charge in [-0.2, -0.15) is 0 Å². The summed E-state index contributed by atoms with van der Waals surface area (Å²) in [6, 6.07) is -1.75. The van der Waals surface area contributed by atoms with Crippen molar-refractivity contribution in [2.75, 3.05) is 20.2 Å². The third kappa shape index (κ3) is 4.89. The van der Waals surface area contributed by atoms with E-state index in [1.165, 1.54) is 4.90 Å². The molecule has 2 aliphatic carbocycles. The van der Waals surface area contributed by atoms with E-state index in [2.05, 4.69) is 15.4 Å². The van der Waals surface area contributed by atoms with E-state index in [-0.39, 0.29) is 12.3 Å². The Morgan fingerprint density at radius 3 is 2.72 bits per heavy atom. The minimum Gasteiger partial charge on any atom is -0.394 e. The highest BCUT2D eigenvalue weighted by atomic mass is 32.2. The summed E-state index contributed by atoms with van der Waals surface area (Å²) in [5.41, 5.74) is -1.40. The molecule has 3 aliphatic rings. The van der Waals surface area contributed by atoms with Crippen molar-refractivity contribution in [2.45, 2.75) is 55.4 Å². The molecule has 2 fully saturated rings. The van der Waals surface area contributed by atoms with Crippen molar-refractivity contribution < 1.29 is 27.9 Å². The number of sulfonamides is 1. The van der Waals surface area contributed by atoms with Crippen LogP contribution in [0.1, 0.15) is 38.5 Å². The highest BCUT2D eigenvalue weighted by Crippen LogP contribution is 2.45. The van der Waals surface area contributed by atoms with Crippen LogP contribution in [0.5, 0.6) is 0 Å². The van der Waals surface area contributed by atoms with Crippen LogP contribution in [0.25, 0.3) is 0 Å². The van der Waals surface area contributed by atoms with Gasteiger partial charge in [0.2, 0.25) is 15.9 Å². The zero-order valence-electron chi connectivity index (χ0n) is 16.4. The van der Waals surface area contributed by atoms with Crippen molar-refractivity contribution in [2.24, 2.45) is 5.92 Å². The molecule has 0 bridgehead atoms. The van der Waals surface area contributed by atoms with Gasteiger partial charge in [-0.15, -0.1) is 0 Å². The first kappa shape index (κ1) is 21.6. The summed E-state index contributed by atoms with van der Waals surface area (Å²) < 4.78 is 26.5. The van der Waals surface area contributed by atoms with Gasteiger partial charge in [0.25, 0.3) is 5.91 Å². The van der Waals surface area contributed by atoms with E-state index in [1.807, 2.05) is 12.2 Å². The fourth-order valence-corrected chi connectivity index (χ4v) is 4.76. The number of hydrogen-bond donors (Lipinski definition) is 4. The van der Waals surface area contributed by atoms with Gasteiger partial charge in [-0.3, -0.25) is 14.3 Å². The molecule has 2 saturated carbocycles. The van der Waals surface area contributed by atoms with E-state index in [0.29, 0.717) is 19.4 Å². The molecule has 1 heterocycles. The number of nitrogens with zero attached hydrogens (tertiary/aromatic N) is 1. The molecule has 3 rings (SSSR count). The second-order valence-corrected chi connectivity index (χ2v) is 9.94. The van der Waals surface area contributed by atoms with Crippen molar-refractivity contribution in [3.8, 4) is 0 Å². The zero-order chi connectivity index (χ0) is 21.2. The van der Waals surface area contributed by atoms with Gasteiger partial charge in [-0.25, -0.2) is 13.2 Å². The maximum absolute atomic E-state index is 12.8. The van der Waals surface area contributed by atoms with E-state index < -0.39 is 51.3 Å². The number of allylic oxidation sites excluding steroid dienone is 1. The largest absolute Gasteiger partial charge is 0.394 e. The van der Waals surface area contributed by atoms with Crippen molar-refractivity contribution in [1.82, 2.24) is 20.3 Å². The average molecular weight is 429 g/mol. The van der Waals surface area contributed by atoms with Crippen LogP contribution >= 0.6 is 0 Å². The standard InChI is InChI=1S/C18H28N4O6S/c1-22-9-5-3-2-4-6-12-10-18(12,16(25)21-29(27,28)13-7-8-13)20-15(24)14(11-23)19-17(22)26/h4,6,12-14,23H,2-3,5,7-11H2,1H3,(H,19,26)(H,20,24)(H,21,25)/t12-,14+,18-/m1/s1. The van der Waals surface area contributed by atoms with Gasteiger partial charge >= 0.3 is 6.03 Å². The van der Waals surface area contributed by atoms with E-state index >= 15 is 0 Å². The van der Waals surface area contributed by atoms with Crippen LogP contribution in [0.2, 0.25) is 0 Å². The summed E-state index contributed by atoms with van der Waals surface area (Å²) in [7, 11) is -2.17. The highest BCUT2D eigenvalue weighted by molar-refractivity contribution is 7.91. The Bertz CT molecular complexity index is 809. The smallest absolute Gasteiger partial charge is 0.317 e. The Balaban J connectivity index is 1.80. The van der Waals surface area contributed by atoms with Crippen LogP contribution in [0.3, 0.4) is 0 Å². The van der Waals surface area contributed by atoms with Crippen LogP contribution < -0.4 is 15.4 Å². The number of aliphatic hydroxyl groups is 1. The Morgan fingerprint density at radius 2 is 2.07 bits per heavy atom. The van der Waals surface area contributed by atoms with Crippen LogP contribution in [-0.4, -0.2) is 73.3 Å². The van der Waals surface area contributed by atoms with Gasteiger partial charge < -0.3 is 20.6 Å². The lowest BCUT2D eigenvalue weighted by atomic mass is 10.1. The second-order valence-electron chi connectivity index (χ2n) is 7.98. The molecule has 4 amide bonds. The Labute approximate surface area is 170 Å². The summed E-state index contributed by atoms with van der Waals surface area (Å²) >= 11 is 0. The molecule has 3 atom stereocenters. The SMILES string of the molecule is CN1CCCCC=C[C@@H]2C[C@@]2(C(=O)NS(=O)(=O)C2CC2)NC(=O)[C@H](CO)NC1=O. The molecule has 0 radical (unpaired) electrons. The highest BCUT2D eigenvalue weighted by Gasteiger charge is 2.61. The summed E-state index contributed by atoms with van der Waals surface area (Å²) in [4.78, 5) is 39.1. The molecule has 10 nitrogen and oxygen atoms in total. The topological polar surface area (TPSA) is 145 Å². The number of urea groups is 1. The quantitative estimate of drug-likeness (QED) is 0.432. The normalized spacial score (nSPS) is 31.2. The first-order valence-electron chi connectivity index (χ1n) is 9.87. The van der Waals surface area contributed by atoms with E-state index in [9.17, 15) is 27.9 Å². The molecule has 4 N–H and O–H groups in total. The number of carbonyl (C=O) groups is 3. The number of rotatable bonds is 4. The third-order valence-corrected chi connectivity index (χ3v) is 7.41. The van der Waals surface area contributed by atoms with Gasteiger partial charge in [0.05, 0.1) is 11.9 Å². The van der Waals surface area contributed by atoms with Crippen molar-refractivity contribution in [1.29, 1.82) is 0 Å². The number of carbonyl (C=O) groups excluding carboxylic acids is 3. The van der Waals surface area contributed by atoms with Crippen LogP contribution in [-0.2, 0) is 19.6 Å². The average Bonchev–Trinajstić information content (AvgIpc) is 3.56. The van der Waals surface area contributed by atoms with Crippen LogP contribution in [0.4, 0.5) is 4.79 Å². The lowest BCUT2D eigenvalue weighted by Gasteiger charge is -2.25. The summed E-state index contributed by atoms with van der Waals surface area (Å²) in [5, 5.41) is 14.0. The molecule has 0 aromatic carbocycles. The first-order valence-corrected chi connectivity index (χ1v) is 11.4. The Morgan fingerprint density at radius 1 is 1.34 bits per heavy atom. The Kier molecular flexibility index (Phi) is 6.18. The molecule has 0 aromatic heterocycles. The molecule has 1 aliphatic heterocycles. The summed E-state index contributed by atoms with van der Waals surface area (Å²) in [5.74, 6) is -1.86. The van der Waals surface area contributed by atoms with Crippen LogP contribution in [0.15, 0.2) is 12.2 Å². The lowest BCUT2D eigenvalue weighted by molar-refractivity contribution is -0.130. The molecular formula is C18H28N4O6S. The monoisotopic (exact) mass is 428 g/mol. The van der Waals surface area contributed by atoms with Gasteiger partial charge in [-0.1, -0.05) is 12.2 Å². The third-order valence-electron chi connectivity index (χ3n) is 5.59. The van der Waals surface area contributed by atoms with Gasteiger partial charge in [-0.05, 0) is 38.5 Å². The molecule has 0 aromatic rings. The van der Waals surface area contributed by atoms with E-state index in [4.69, 9.17) is 0 Å². The molecule has 0 unspecified atom stereocenters. The van der Waals surface area contributed by atoms with Crippen molar-refractivity contribution in [3.05, 3.63) is 12.2 Å². The zero-order valence-corrected chi connectivity index (χ0v) is 17.2. The lowest BCUT2D eigenvalue weighted by Crippen LogP contribution is -2.59. The number of hydrogen-bond acceptors (Lipinski definition) is 6. The molecule has 0 saturated heterocycles. The maximum atomic E-state index is 12.8. The van der Waals surface area contributed by atoms with Gasteiger partial charge in [0, 0.05) is 19.5 Å². The van der Waals surface area contributed by atoms with Crippen molar-refractivity contribution >= 4 is 27.9 Å². The molecule has 11 heteroatoms. The van der Waals surface area contributed by atoms with Gasteiger partial charge in [0.15, 0.2) is 0 Å². The molecule has 29 heavy (non-hydrogen) atoms. The molecular weight excluding hydrogens is 400 g/mol. The molecule has 0 spiro atoms. The fraction of sp³-hybridized carbons (Fsp3) is 0.722. The molecule has 162 valence electrons. The van der Waals surface area contributed by atoms with E-state index in [1.54, 1.807) is 7.05 Å². The minimum atomic E-state index is -3.76. The first-order chi connectivity index (χ1) is 13.7. The number of nitrogens with one attached hydrogen (secondary N) is 3. The minimum absolute atomic E-state index is 0.257.